The Hall–Kier alpha value is -1.54. The van der Waals surface area contributed by atoms with Crippen molar-refractivity contribution < 1.29 is 14.6 Å². The Labute approximate surface area is 121 Å². The fourth-order valence-corrected chi connectivity index (χ4v) is 3.36. The molecule has 2 aliphatic heterocycles. The van der Waals surface area contributed by atoms with Gasteiger partial charge in [0.05, 0.1) is 35.9 Å². The highest BCUT2D eigenvalue weighted by Crippen LogP contribution is 2.42. The van der Waals surface area contributed by atoms with Crippen molar-refractivity contribution in [2.24, 2.45) is 0 Å². The number of ether oxygens (including phenoxy) is 2. The maximum absolute atomic E-state index is 9.58. The first kappa shape index (κ1) is 13.1. The van der Waals surface area contributed by atoms with E-state index in [1.165, 1.54) is 6.33 Å². The topological polar surface area (TPSA) is 92.3 Å². The van der Waals surface area contributed by atoms with E-state index in [-0.39, 0.29) is 30.9 Å². The third-order valence-corrected chi connectivity index (χ3v) is 4.18. The van der Waals surface area contributed by atoms with E-state index in [0.29, 0.717) is 0 Å². The van der Waals surface area contributed by atoms with Crippen LogP contribution in [0.2, 0.25) is 0 Å². The summed E-state index contributed by atoms with van der Waals surface area (Å²) in [5, 5.41) is 13.0. The van der Waals surface area contributed by atoms with Gasteiger partial charge < -0.3 is 24.9 Å². The van der Waals surface area contributed by atoms with E-state index in [2.05, 4.69) is 20.3 Å². The van der Waals surface area contributed by atoms with Gasteiger partial charge in [-0.1, -0.05) is 0 Å². The molecule has 7 nitrogen and oxygen atoms in total. The highest BCUT2D eigenvalue weighted by molar-refractivity contribution is 5.78. The third kappa shape index (κ3) is 1.96. The second-order valence-electron chi connectivity index (χ2n) is 6.03. The van der Waals surface area contributed by atoms with Gasteiger partial charge in [-0.05, 0) is 13.8 Å². The lowest BCUT2D eigenvalue weighted by Gasteiger charge is -2.23. The summed E-state index contributed by atoms with van der Waals surface area (Å²) in [5.74, 6) is -0.635. The van der Waals surface area contributed by atoms with Crippen molar-refractivity contribution in [2.45, 2.75) is 43.9 Å². The number of hydrogen-bond donors (Lipinski definition) is 3. The van der Waals surface area contributed by atoms with Gasteiger partial charge in [0.1, 0.15) is 18.5 Å². The molecule has 2 aliphatic rings. The molecule has 0 amide bonds. The molecule has 0 bridgehead atoms. The van der Waals surface area contributed by atoms with Gasteiger partial charge in [0.25, 0.3) is 0 Å². The Morgan fingerprint density at radius 3 is 2.95 bits per heavy atom. The molecule has 2 aromatic rings. The van der Waals surface area contributed by atoms with E-state index in [9.17, 15) is 5.11 Å². The second kappa shape index (κ2) is 4.48. The molecule has 1 unspecified atom stereocenters. The summed E-state index contributed by atoms with van der Waals surface area (Å²) in [5.41, 5.74) is 2.77. The van der Waals surface area contributed by atoms with Gasteiger partial charge >= 0.3 is 0 Å². The smallest absolute Gasteiger partial charge is 0.163 e. The van der Waals surface area contributed by atoms with Crippen LogP contribution < -0.4 is 5.32 Å². The lowest BCUT2D eigenvalue weighted by atomic mass is 10.0. The predicted molar refractivity (Wildman–Crippen MR) is 74.5 cm³/mol. The van der Waals surface area contributed by atoms with E-state index in [4.69, 9.17) is 9.47 Å². The van der Waals surface area contributed by atoms with Gasteiger partial charge in [-0.15, -0.1) is 0 Å². The van der Waals surface area contributed by atoms with E-state index in [1.54, 1.807) is 6.20 Å². The van der Waals surface area contributed by atoms with E-state index in [1.807, 2.05) is 20.0 Å². The molecule has 4 atom stereocenters. The number of fused-ring (bicyclic) bond motifs is 2. The fraction of sp³-hybridized carbons (Fsp3) is 0.571. The SMILES string of the molecule is CC1(C)O[C@@H]2[C@@H](CO)NC(c3c[nH]c4cncnc34)[C@@H]2O1. The molecule has 2 aromatic heterocycles. The predicted octanol–water partition coefficient (Wildman–Crippen LogP) is 0.483. The molecule has 21 heavy (non-hydrogen) atoms. The van der Waals surface area contributed by atoms with Gasteiger partial charge in [-0.25, -0.2) is 9.97 Å². The molecule has 7 heteroatoms. The number of H-pyrrole nitrogens is 1. The first-order valence-corrected chi connectivity index (χ1v) is 7.08. The highest BCUT2D eigenvalue weighted by atomic mass is 16.8. The highest BCUT2D eigenvalue weighted by Gasteiger charge is 2.54. The summed E-state index contributed by atoms with van der Waals surface area (Å²) in [6.45, 7) is 3.80. The van der Waals surface area contributed by atoms with Crippen LogP contribution in [0.5, 0.6) is 0 Å². The van der Waals surface area contributed by atoms with Gasteiger partial charge in [0, 0.05) is 11.8 Å². The molecule has 0 saturated carbocycles. The molecule has 4 heterocycles. The Morgan fingerprint density at radius 2 is 2.14 bits per heavy atom. The van der Waals surface area contributed by atoms with Crippen LogP contribution in [0.3, 0.4) is 0 Å². The summed E-state index contributed by atoms with van der Waals surface area (Å²) in [6, 6.07) is -0.217. The van der Waals surface area contributed by atoms with Crippen LogP contribution in [-0.2, 0) is 9.47 Å². The van der Waals surface area contributed by atoms with Crippen molar-refractivity contribution in [2.75, 3.05) is 6.61 Å². The lowest BCUT2D eigenvalue weighted by Crippen LogP contribution is -2.38. The maximum Gasteiger partial charge on any atom is 0.163 e. The van der Waals surface area contributed by atoms with E-state index >= 15 is 0 Å². The zero-order valence-electron chi connectivity index (χ0n) is 11.9. The van der Waals surface area contributed by atoms with Gasteiger partial charge in [0.2, 0.25) is 0 Å². The van der Waals surface area contributed by atoms with Crippen molar-refractivity contribution in [1.29, 1.82) is 0 Å². The Bertz CT molecular complexity index is 671. The molecule has 0 aromatic carbocycles. The Morgan fingerprint density at radius 1 is 1.33 bits per heavy atom. The number of hydrogen-bond acceptors (Lipinski definition) is 6. The van der Waals surface area contributed by atoms with Gasteiger partial charge in [-0.2, -0.15) is 0 Å². The molecule has 4 rings (SSSR count). The van der Waals surface area contributed by atoms with Crippen molar-refractivity contribution >= 4 is 11.0 Å². The number of aliphatic hydroxyl groups is 1. The van der Waals surface area contributed by atoms with Crippen LogP contribution in [0.4, 0.5) is 0 Å². The van der Waals surface area contributed by atoms with Crippen molar-refractivity contribution in [3.05, 3.63) is 24.3 Å². The number of nitrogens with zero attached hydrogens (tertiary/aromatic N) is 2. The number of nitrogens with one attached hydrogen (secondary N) is 2. The molecule has 3 N–H and O–H groups in total. The van der Waals surface area contributed by atoms with Gasteiger partial charge in [0.15, 0.2) is 5.79 Å². The maximum atomic E-state index is 9.58. The second-order valence-corrected chi connectivity index (χ2v) is 6.03. The van der Waals surface area contributed by atoms with Crippen LogP contribution in [0.25, 0.3) is 11.0 Å². The summed E-state index contributed by atoms with van der Waals surface area (Å²) in [7, 11) is 0. The number of aliphatic hydroxyl groups excluding tert-OH is 1. The molecule has 112 valence electrons. The number of aromatic nitrogens is 3. The zero-order chi connectivity index (χ0) is 14.6. The van der Waals surface area contributed by atoms with E-state index < -0.39 is 5.79 Å². The molecule has 2 fully saturated rings. The third-order valence-electron chi connectivity index (χ3n) is 4.18. The largest absolute Gasteiger partial charge is 0.395 e. The van der Waals surface area contributed by atoms with Crippen molar-refractivity contribution in [3.8, 4) is 0 Å². The van der Waals surface area contributed by atoms with Crippen LogP contribution in [0, 0.1) is 0 Å². The Balaban J connectivity index is 1.75. The molecule has 0 radical (unpaired) electrons. The molecular formula is C14H18N4O3. The monoisotopic (exact) mass is 290 g/mol. The normalized spacial score (nSPS) is 34.4. The number of aromatic amines is 1. The minimum absolute atomic E-state index is 0.00838. The van der Waals surface area contributed by atoms with Crippen molar-refractivity contribution in [3.63, 3.8) is 0 Å². The minimum atomic E-state index is -0.635. The standard InChI is InChI=1S/C14H18N4O3/c1-14(2)20-12-9(5-19)18-11(13(12)21-14)7-3-16-8-4-15-6-17-10(7)8/h3-4,6,9,11-13,16,18-19H,5H2,1-2H3/t9-,11?,12-,13+/m1/s1. The average molecular weight is 290 g/mol. The van der Waals surface area contributed by atoms with Crippen LogP contribution in [0.1, 0.15) is 25.5 Å². The minimum Gasteiger partial charge on any atom is -0.395 e. The molecule has 0 spiro atoms. The summed E-state index contributed by atoms with van der Waals surface area (Å²) in [4.78, 5) is 11.5. The molecular weight excluding hydrogens is 272 g/mol. The quantitative estimate of drug-likeness (QED) is 0.745. The fourth-order valence-electron chi connectivity index (χ4n) is 3.36. The summed E-state index contributed by atoms with van der Waals surface area (Å²) in [6.07, 6.45) is 4.89. The van der Waals surface area contributed by atoms with Crippen LogP contribution in [-0.4, -0.2) is 50.7 Å². The molecule has 0 aliphatic carbocycles. The first-order valence-electron chi connectivity index (χ1n) is 7.08. The van der Waals surface area contributed by atoms with Gasteiger partial charge in [-0.3, -0.25) is 0 Å². The summed E-state index contributed by atoms with van der Waals surface area (Å²) < 4.78 is 12.0. The first-order chi connectivity index (χ1) is 10.1. The van der Waals surface area contributed by atoms with Crippen LogP contribution in [0.15, 0.2) is 18.7 Å². The van der Waals surface area contributed by atoms with Crippen LogP contribution >= 0.6 is 0 Å². The van der Waals surface area contributed by atoms with Crippen molar-refractivity contribution in [1.82, 2.24) is 20.3 Å². The summed E-state index contributed by atoms with van der Waals surface area (Å²) >= 11 is 0. The number of rotatable bonds is 2. The Kier molecular flexibility index (Phi) is 2.80. The molecule has 2 saturated heterocycles. The van der Waals surface area contributed by atoms with E-state index in [0.717, 1.165) is 16.6 Å². The average Bonchev–Trinajstić information content (AvgIpc) is 3.09. The lowest BCUT2D eigenvalue weighted by molar-refractivity contribution is -0.157. The zero-order valence-corrected chi connectivity index (χ0v) is 11.9.